The van der Waals surface area contributed by atoms with E-state index in [0.717, 1.165) is 30.3 Å². The van der Waals surface area contributed by atoms with Crippen LogP contribution in [0.3, 0.4) is 0 Å². The van der Waals surface area contributed by atoms with Crippen LogP contribution in [0.25, 0.3) is 0 Å². The van der Waals surface area contributed by atoms with E-state index in [9.17, 15) is 0 Å². The molecule has 0 amide bonds. The Balaban J connectivity index is 1.87. The van der Waals surface area contributed by atoms with Gasteiger partial charge in [-0.15, -0.1) is 0 Å². The predicted octanol–water partition coefficient (Wildman–Crippen LogP) is 3.84. The Hall–Kier alpha value is -0.0400. The van der Waals surface area contributed by atoms with Crippen LogP contribution in [0.2, 0.25) is 0 Å². The number of rotatable bonds is 2. The molecule has 4 rings (SSSR count). The highest BCUT2D eigenvalue weighted by molar-refractivity contribution is 5.10. The second-order valence-electron chi connectivity index (χ2n) is 8.08. The van der Waals surface area contributed by atoms with Crippen molar-refractivity contribution in [2.24, 2.45) is 28.6 Å². The molecule has 0 heterocycles. The smallest absolute Gasteiger partial charge is 0.0124 e. The SMILES string of the molecule is CCNC1C2CC3CC1CC(C(C)(C)C)(C3)C2. The summed E-state index contributed by atoms with van der Waals surface area (Å²) < 4.78 is 0. The van der Waals surface area contributed by atoms with E-state index in [1.54, 1.807) is 0 Å². The average molecular weight is 235 g/mol. The number of hydrogen-bond donors (Lipinski definition) is 1. The first-order valence-electron chi connectivity index (χ1n) is 7.68. The normalized spacial score (nSPS) is 48.7. The van der Waals surface area contributed by atoms with E-state index in [-0.39, 0.29) is 0 Å². The van der Waals surface area contributed by atoms with Crippen molar-refractivity contribution >= 4 is 0 Å². The molecular formula is C16H29N. The summed E-state index contributed by atoms with van der Waals surface area (Å²) in [5.74, 6) is 3.03. The highest BCUT2D eigenvalue weighted by Gasteiger charge is 2.58. The van der Waals surface area contributed by atoms with Crippen LogP contribution >= 0.6 is 0 Å². The van der Waals surface area contributed by atoms with E-state index in [2.05, 4.69) is 33.0 Å². The highest BCUT2D eigenvalue weighted by Crippen LogP contribution is 2.65. The first-order chi connectivity index (χ1) is 7.95. The number of nitrogens with one attached hydrogen (secondary N) is 1. The summed E-state index contributed by atoms with van der Waals surface area (Å²) in [7, 11) is 0. The van der Waals surface area contributed by atoms with Gasteiger partial charge in [-0.1, -0.05) is 27.7 Å². The van der Waals surface area contributed by atoms with E-state index in [1.165, 1.54) is 32.1 Å². The molecule has 98 valence electrons. The van der Waals surface area contributed by atoms with Gasteiger partial charge in [0.2, 0.25) is 0 Å². The monoisotopic (exact) mass is 235 g/mol. The van der Waals surface area contributed by atoms with Gasteiger partial charge in [0.1, 0.15) is 0 Å². The molecule has 0 spiro atoms. The Morgan fingerprint density at radius 2 is 1.65 bits per heavy atom. The van der Waals surface area contributed by atoms with Crippen LogP contribution in [0.15, 0.2) is 0 Å². The van der Waals surface area contributed by atoms with Gasteiger partial charge in [0.25, 0.3) is 0 Å². The van der Waals surface area contributed by atoms with Gasteiger partial charge in [0.15, 0.2) is 0 Å². The van der Waals surface area contributed by atoms with Crippen LogP contribution in [0.1, 0.15) is 59.8 Å². The minimum Gasteiger partial charge on any atom is -0.314 e. The van der Waals surface area contributed by atoms with Crippen molar-refractivity contribution in [3.05, 3.63) is 0 Å². The fourth-order valence-electron chi connectivity index (χ4n) is 5.51. The molecule has 0 aliphatic heterocycles. The van der Waals surface area contributed by atoms with Crippen LogP contribution in [0.4, 0.5) is 0 Å². The van der Waals surface area contributed by atoms with Gasteiger partial charge in [0, 0.05) is 6.04 Å². The van der Waals surface area contributed by atoms with E-state index >= 15 is 0 Å². The molecule has 4 saturated carbocycles. The van der Waals surface area contributed by atoms with E-state index in [1.807, 2.05) is 0 Å². The second kappa shape index (κ2) is 3.73. The summed E-state index contributed by atoms with van der Waals surface area (Å²) >= 11 is 0. The number of hydrogen-bond acceptors (Lipinski definition) is 1. The summed E-state index contributed by atoms with van der Waals surface area (Å²) in [6.45, 7) is 10.9. The van der Waals surface area contributed by atoms with Gasteiger partial charge in [-0.25, -0.2) is 0 Å². The fraction of sp³-hybridized carbons (Fsp3) is 1.00. The topological polar surface area (TPSA) is 12.0 Å². The Labute approximate surface area is 107 Å². The molecule has 4 fully saturated rings. The van der Waals surface area contributed by atoms with Gasteiger partial charge >= 0.3 is 0 Å². The lowest BCUT2D eigenvalue weighted by Gasteiger charge is -2.64. The molecule has 0 aromatic rings. The molecule has 17 heavy (non-hydrogen) atoms. The van der Waals surface area contributed by atoms with Crippen molar-refractivity contribution in [1.82, 2.24) is 5.32 Å². The predicted molar refractivity (Wildman–Crippen MR) is 72.9 cm³/mol. The van der Waals surface area contributed by atoms with Gasteiger partial charge in [0.05, 0.1) is 0 Å². The van der Waals surface area contributed by atoms with Crippen molar-refractivity contribution in [2.45, 2.75) is 65.8 Å². The largest absolute Gasteiger partial charge is 0.314 e. The van der Waals surface area contributed by atoms with Crippen LogP contribution in [-0.4, -0.2) is 12.6 Å². The Morgan fingerprint density at radius 1 is 1.06 bits per heavy atom. The molecule has 4 aliphatic rings. The van der Waals surface area contributed by atoms with Crippen molar-refractivity contribution in [3.8, 4) is 0 Å². The maximum absolute atomic E-state index is 3.80. The lowest BCUT2D eigenvalue weighted by molar-refractivity contribution is -0.129. The zero-order valence-corrected chi connectivity index (χ0v) is 12.1. The first-order valence-corrected chi connectivity index (χ1v) is 7.68. The molecule has 0 saturated heterocycles. The van der Waals surface area contributed by atoms with Crippen LogP contribution < -0.4 is 5.32 Å². The highest BCUT2D eigenvalue weighted by atomic mass is 14.9. The molecule has 0 aromatic carbocycles. The third-order valence-corrected chi connectivity index (χ3v) is 6.30. The van der Waals surface area contributed by atoms with Crippen molar-refractivity contribution < 1.29 is 0 Å². The Morgan fingerprint density at radius 3 is 2.12 bits per heavy atom. The van der Waals surface area contributed by atoms with E-state index in [4.69, 9.17) is 0 Å². The third-order valence-electron chi connectivity index (χ3n) is 6.30. The summed E-state index contributed by atoms with van der Waals surface area (Å²) in [6, 6.07) is 0.854. The van der Waals surface area contributed by atoms with Gasteiger partial charge in [-0.2, -0.15) is 0 Å². The minimum absolute atomic E-state index is 0.514. The van der Waals surface area contributed by atoms with Crippen LogP contribution in [0, 0.1) is 28.6 Å². The molecule has 0 radical (unpaired) electrons. The molecule has 4 bridgehead atoms. The van der Waals surface area contributed by atoms with Crippen molar-refractivity contribution in [2.75, 3.05) is 6.54 Å². The molecule has 2 atom stereocenters. The maximum Gasteiger partial charge on any atom is 0.0124 e. The molecule has 1 nitrogen and oxygen atoms in total. The van der Waals surface area contributed by atoms with E-state index < -0.39 is 0 Å². The van der Waals surface area contributed by atoms with Crippen LogP contribution in [0.5, 0.6) is 0 Å². The summed E-state index contributed by atoms with van der Waals surface area (Å²) in [4.78, 5) is 0. The molecule has 1 N–H and O–H groups in total. The van der Waals surface area contributed by atoms with Crippen molar-refractivity contribution in [3.63, 3.8) is 0 Å². The Bertz CT molecular complexity index is 285. The molecule has 2 unspecified atom stereocenters. The standard InChI is InChI=1S/C16H29N/c1-5-17-14-12-6-11-7-13(14)10-16(8-11,9-12)15(2,3)4/h11-14,17H,5-10H2,1-4H3. The van der Waals surface area contributed by atoms with E-state index in [0.29, 0.717) is 10.8 Å². The maximum atomic E-state index is 3.80. The first kappa shape index (κ1) is 12.0. The molecule has 0 aromatic heterocycles. The average Bonchev–Trinajstić information content (AvgIpc) is 2.21. The molecular weight excluding hydrogens is 206 g/mol. The summed E-state index contributed by atoms with van der Waals surface area (Å²) in [5, 5.41) is 3.80. The summed E-state index contributed by atoms with van der Waals surface area (Å²) in [6.07, 6.45) is 7.57. The van der Waals surface area contributed by atoms with Gasteiger partial charge < -0.3 is 5.32 Å². The molecule has 4 aliphatic carbocycles. The van der Waals surface area contributed by atoms with Gasteiger partial charge in [-0.05, 0) is 67.2 Å². The fourth-order valence-corrected chi connectivity index (χ4v) is 5.51. The third kappa shape index (κ3) is 1.69. The van der Waals surface area contributed by atoms with Crippen molar-refractivity contribution in [1.29, 1.82) is 0 Å². The minimum atomic E-state index is 0.514. The van der Waals surface area contributed by atoms with Gasteiger partial charge in [-0.3, -0.25) is 0 Å². The second-order valence-corrected chi connectivity index (χ2v) is 8.08. The zero-order chi connectivity index (χ0) is 12.3. The molecule has 1 heteroatoms. The Kier molecular flexibility index (Phi) is 2.63. The lowest BCUT2D eigenvalue weighted by Crippen LogP contribution is -2.61. The zero-order valence-electron chi connectivity index (χ0n) is 12.1. The van der Waals surface area contributed by atoms with Crippen LogP contribution in [-0.2, 0) is 0 Å². The lowest BCUT2D eigenvalue weighted by atomic mass is 9.42. The quantitative estimate of drug-likeness (QED) is 0.767. The summed E-state index contributed by atoms with van der Waals surface area (Å²) in [5.41, 5.74) is 1.19.